The molecule has 2 heterocycles. The van der Waals surface area contributed by atoms with E-state index in [1.165, 1.54) is 29.9 Å². The third-order valence-electron chi connectivity index (χ3n) is 5.46. The molecule has 1 atom stereocenters. The number of rotatable bonds is 10. The second kappa shape index (κ2) is 10.4. The van der Waals surface area contributed by atoms with Crippen molar-refractivity contribution >= 4 is 23.2 Å². The number of hydrogen-bond donors (Lipinski definition) is 3. The van der Waals surface area contributed by atoms with Crippen molar-refractivity contribution in [3.63, 3.8) is 0 Å². The standard InChI is InChI=1S/C24H24FN3O5S/c1-13(33-17-5-7-20(26-10-17)23(31)14-2-3-14)22-9-21(28-34-22)15-4-6-18(19(25)8-15)24(32)27-16(11-29)12-30/h4-10,13-14,16,29-30H,2-3,11-12H2,1H3,(H,27,32)/t13-/m1/s1. The van der Waals surface area contributed by atoms with Crippen molar-refractivity contribution in [2.45, 2.75) is 31.9 Å². The maximum Gasteiger partial charge on any atom is 0.254 e. The Kier molecular flexibility index (Phi) is 7.30. The van der Waals surface area contributed by atoms with Crippen LogP contribution in [0.5, 0.6) is 5.75 Å². The van der Waals surface area contributed by atoms with Gasteiger partial charge in [0.05, 0.1) is 41.6 Å². The van der Waals surface area contributed by atoms with Crippen molar-refractivity contribution < 1.29 is 28.9 Å². The molecule has 0 aliphatic heterocycles. The molecule has 10 heteroatoms. The normalized spacial score (nSPS) is 14.1. The molecule has 0 radical (unpaired) electrons. The highest BCUT2D eigenvalue weighted by atomic mass is 32.1. The van der Waals surface area contributed by atoms with Crippen LogP contribution in [0.2, 0.25) is 0 Å². The minimum absolute atomic E-state index is 0.0732. The van der Waals surface area contributed by atoms with Gasteiger partial charge < -0.3 is 20.3 Å². The van der Waals surface area contributed by atoms with Crippen molar-refractivity contribution in [1.29, 1.82) is 0 Å². The fraction of sp³-hybridized carbons (Fsp3) is 0.333. The van der Waals surface area contributed by atoms with E-state index in [1.54, 1.807) is 24.3 Å². The Morgan fingerprint density at radius 1 is 1.21 bits per heavy atom. The monoisotopic (exact) mass is 485 g/mol. The minimum atomic E-state index is -0.862. The molecule has 178 valence electrons. The lowest BCUT2D eigenvalue weighted by molar-refractivity contribution is 0.0875. The van der Waals surface area contributed by atoms with Crippen LogP contribution in [0.1, 0.15) is 51.6 Å². The summed E-state index contributed by atoms with van der Waals surface area (Å²) in [6.07, 6.45) is 3.04. The zero-order chi connectivity index (χ0) is 24.2. The van der Waals surface area contributed by atoms with E-state index >= 15 is 0 Å². The van der Waals surface area contributed by atoms with Gasteiger partial charge in [0, 0.05) is 11.5 Å². The average Bonchev–Trinajstić information content (AvgIpc) is 3.58. The molecule has 3 aromatic rings. The number of aliphatic hydroxyl groups is 2. The number of halogens is 1. The van der Waals surface area contributed by atoms with Gasteiger partial charge in [-0.25, -0.2) is 9.37 Å². The third-order valence-corrected chi connectivity index (χ3v) is 6.41. The first-order chi connectivity index (χ1) is 16.4. The van der Waals surface area contributed by atoms with Gasteiger partial charge in [0.25, 0.3) is 5.91 Å². The number of nitrogens with one attached hydrogen (secondary N) is 1. The Morgan fingerprint density at radius 2 is 1.97 bits per heavy atom. The van der Waals surface area contributed by atoms with Crippen LogP contribution < -0.4 is 10.1 Å². The molecule has 3 N–H and O–H groups in total. The molecular weight excluding hydrogens is 461 g/mol. The second-order valence-corrected chi connectivity index (χ2v) is 8.96. The molecule has 0 saturated heterocycles. The zero-order valence-electron chi connectivity index (χ0n) is 18.4. The quantitative estimate of drug-likeness (QED) is 0.377. The van der Waals surface area contributed by atoms with E-state index in [-0.39, 0.29) is 23.4 Å². The number of Topliss-reactive ketones (excluding diaryl/α,β-unsaturated/α-hetero) is 1. The highest BCUT2D eigenvalue weighted by Gasteiger charge is 2.31. The molecule has 1 saturated carbocycles. The van der Waals surface area contributed by atoms with Crippen LogP contribution in [-0.4, -0.2) is 50.5 Å². The molecule has 0 spiro atoms. The van der Waals surface area contributed by atoms with Crippen LogP contribution in [-0.2, 0) is 0 Å². The van der Waals surface area contributed by atoms with Gasteiger partial charge in [0.2, 0.25) is 0 Å². The number of aromatic nitrogens is 2. The lowest BCUT2D eigenvalue weighted by Gasteiger charge is -2.13. The fourth-order valence-corrected chi connectivity index (χ4v) is 4.02. The number of ether oxygens (including phenoxy) is 1. The first-order valence-corrected chi connectivity index (χ1v) is 11.6. The van der Waals surface area contributed by atoms with Gasteiger partial charge in [0.1, 0.15) is 23.4 Å². The SMILES string of the molecule is C[C@@H](Oc1ccc(C(=O)C2CC2)nc1)c1cc(-c2ccc(C(=O)NC(CO)CO)c(F)c2)ns1. The Bertz CT molecular complexity index is 1180. The van der Waals surface area contributed by atoms with Crippen LogP contribution >= 0.6 is 11.5 Å². The summed E-state index contributed by atoms with van der Waals surface area (Å²) in [6, 6.07) is 8.44. The average molecular weight is 486 g/mol. The minimum Gasteiger partial charge on any atom is -0.484 e. The van der Waals surface area contributed by atoms with E-state index in [2.05, 4.69) is 14.7 Å². The third kappa shape index (κ3) is 5.46. The first-order valence-electron chi connectivity index (χ1n) is 10.9. The predicted octanol–water partition coefficient (Wildman–Crippen LogP) is 3.16. The summed E-state index contributed by atoms with van der Waals surface area (Å²) in [5.41, 5.74) is 1.28. The van der Waals surface area contributed by atoms with E-state index < -0.39 is 31.0 Å². The maximum absolute atomic E-state index is 14.6. The zero-order valence-corrected chi connectivity index (χ0v) is 19.2. The van der Waals surface area contributed by atoms with E-state index in [0.29, 0.717) is 22.7 Å². The molecule has 1 aliphatic rings. The maximum atomic E-state index is 14.6. The number of amides is 1. The van der Waals surface area contributed by atoms with E-state index in [0.717, 1.165) is 17.7 Å². The Hall–Kier alpha value is -3.21. The second-order valence-electron chi connectivity index (χ2n) is 8.12. The van der Waals surface area contributed by atoms with Crippen LogP contribution in [0.3, 0.4) is 0 Å². The largest absolute Gasteiger partial charge is 0.484 e. The molecule has 8 nitrogen and oxygen atoms in total. The number of nitrogens with zero attached hydrogens (tertiary/aromatic N) is 2. The summed E-state index contributed by atoms with van der Waals surface area (Å²) >= 11 is 1.22. The highest BCUT2D eigenvalue weighted by molar-refractivity contribution is 7.06. The fourth-order valence-electron chi connectivity index (χ4n) is 3.30. The van der Waals surface area contributed by atoms with Gasteiger partial charge in [-0.1, -0.05) is 6.07 Å². The van der Waals surface area contributed by atoms with Crippen molar-refractivity contribution in [3.05, 3.63) is 64.5 Å². The highest BCUT2D eigenvalue weighted by Crippen LogP contribution is 2.33. The molecule has 0 bridgehead atoms. The lowest BCUT2D eigenvalue weighted by atomic mass is 10.1. The van der Waals surface area contributed by atoms with Crippen molar-refractivity contribution in [1.82, 2.24) is 14.7 Å². The van der Waals surface area contributed by atoms with Gasteiger partial charge >= 0.3 is 0 Å². The summed E-state index contributed by atoms with van der Waals surface area (Å²) in [6.45, 7) is 0.943. The molecule has 34 heavy (non-hydrogen) atoms. The van der Waals surface area contributed by atoms with Crippen LogP contribution in [0, 0.1) is 11.7 Å². The first kappa shape index (κ1) is 23.9. The number of aliphatic hydroxyl groups excluding tert-OH is 2. The van der Waals surface area contributed by atoms with Gasteiger partial charge in [-0.05, 0) is 61.6 Å². The molecule has 1 fully saturated rings. The molecule has 0 unspecified atom stereocenters. The van der Waals surface area contributed by atoms with E-state index in [9.17, 15) is 14.0 Å². The number of carbonyl (C=O) groups excluding carboxylic acids is 2. The van der Waals surface area contributed by atoms with E-state index in [1.807, 2.05) is 6.92 Å². The molecule has 4 rings (SSSR count). The Labute approximate surface area is 199 Å². The summed E-state index contributed by atoms with van der Waals surface area (Å²) in [7, 11) is 0. The van der Waals surface area contributed by atoms with Crippen molar-refractivity contribution in [3.8, 4) is 17.0 Å². The number of ketones is 1. The van der Waals surface area contributed by atoms with Gasteiger partial charge in [-0.3, -0.25) is 9.59 Å². The predicted molar refractivity (Wildman–Crippen MR) is 123 cm³/mol. The summed E-state index contributed by atoms with van der Waals surface area (Å²) < 4.78 is 24.9. The molecule has 1 aliphatic carbocycles. The van der Waals surface area contributed by atoms with Crippen LogP contribution in [0.15, 0.2) is 42.6 Å². The van der Waals surface area contributed by atoms with Gasteiger partial charge in [-0.2, -0.15) is 4.37 Å². The van der Waals surface area contributed by atoms with Crippen molar-refractivity contribution in [2.24, 2.45) is 5.92 Å². The van der Waals surface area contributed by atoms with Crippen LogP contribution in [0.25, 0.3) is 11.3 Å². The molecule has 1 aromatic carbocycles. The summed E-state index contributed by atoms with van der Waals surface area (Å²) in [4.78, 5) is 29.3. The lowest BCUT2D eigenvalue weighted by Crippen LogP contribution is -2.40. The number of benzene rings is 1. The topological polar surface area (TPSA) is 122 Å². The molecule has 2 aromatic heterocycles. The Morgan fingerprint density at radius 3 is 2.59 bits per heavy atom. The number of carbonyl (C=O) groups is 2. The van der Waals surface area contributed by atoms with Crippen LogP contribution in [0.4, 0.5) is 4.39 Å². The smallest absolute Gasteiger partial charge is 0.254 e. The van der Waals surface area contributed by atoms with Crippen molar-refractivity contribution in [2.75, 3.05) is 13.2 Å². The molecular formula is C24H24FN3O5S. The number of pyridine rings is 1. The summed E-state index contributed by atoms with van der Waals surface area (Å²) in [5.74, 6) is -0.753. The van der Waals surface area contributed by atoms with Gasteiger partial charge in [0.15, 0.2) is 5.78 Å². The summed E-state index contributed by atoms with van der Waals surface area (Å²) in [5, 5.41) is 20.5. The van der Waals surface area contributed by atoms with E-state index in [4.69, 9.17) is 14.9 Å². The number of hydrogen-bond acceptors (Lipinski definition) is 8. The Balaban J connectivity index is 1.41. The molecule has 1 amide bonds. The van der Waals surface area contributed by atoms with Gasteiger partial charge in [-0.15, -0.1) is 0 Å².